The number of nitrogens with zero attached hydrogens (tertiary/aromatic N) is 2. The van der Waals surface area contributed by atoms with Gasteiger partial charge in [0.2, 0.25) is 18.5 Å². The first-order chi connectivity index (χ1) is 13.1. The summed E-state index contributed by atoms with van der Waals surface area (Å²) in [7, 11) is 0. The van der Waals surface area contributed by atoms with Crippen LogP contribution in [0.1, 0.15) is 45.0 Å². The Kier molecular flexibility index (Phi) is 6.47. The van der Waals surface area contributed by atoms with Crippen molar-refractivity contribution in [1.82, 2.24) is 15.5 Å². The van der Waals surface area contributed by atoms with Crippen molar-refractivity contribution in [3.05, 3.63) is 36.7 Å². The highest BCUT2D eigenvalue weighted by Crippen LogP contribution is 2.35. The van der Waals surface area contributed by atoms with Gasteiger partial charge in [-0.15, -0.1) is 6.58 Å². The zero-order valence-electron chi connectivity index (χ0n) is 15.9. The predicted molar refractivity (Wildman–Crippen MR) is 101 cm³/mol. The molecule has 0 fully saturated rings. The van der Waals surface area contributed by atoms with E-state index >= 15 is 0 Å². The van der Waals surface area contributed by atoms with E-state index in [4.69, 9.17) is 14.0 Å². The summed E-state index contributed by atoms with van der Waals surface area (Å²) in [5.41, 5.74) is 0.808. The minimum atomic E-state index is -0.439. The van der Waals surface area contributed by atoms with E-state index < -0.39 is 6.10 Å². The quantitative estimate of drug-likeness (QED) is 0.616. The molecule has 7 nitrogen and oxygen atoms in total. The summed E-state index contributed by atoms with van der Waals surface area (Å²) < 4.78 is 16.3. The zero-order chi connectivity index (χ0) is 19.2. The number of hydrogen-bond acceptors (Lipinski definition) is 7. The van der Waals surface area contributed by atoms with Gasteiger partial charge in [-0.1, -0.05) is 31.5 Å². The third kappa shape index (κ3) is 4.67. The molecule has 2 heterocycles. The second-order valence-corrected chi connectivity index (χ2v) is 6.82. The van der Waals surface area contributed by atoms with E-state index in [1.54, 1.807) is 0 Å². The van der Waals surface area contributed by atoms with Crippen LogP contribution in [-0.4, -0.2) is 34.7 Å². The van der Waals surface area contributed by atoms with Gasteiger partial charge in [-0.2, -0.15) is 4.98 Å². The first kappa shape index (κ1) is 19.4. The minimum absolute atomic E-state index is 0.122. The number of fused-ring (bicyclic) bond motifs is 1. The van der Waals surface area contributed by atoms with Crippen LogP contribution in [0.15, 0.2) is 35.4 Å². The lowest BCUT2D eigenvalue weighted by Crippen LogP contribution is -2.33. The first-order valence-electron chi connectivity index (χ1n) is 9.38. The molecule has 0 bridgehead atoms. The standard InChI is InChI=1S/C20H27N3O4/c1-4-6-7-15(24)11-21-18(13(3)5-2)20-22-19(23-27-20)14-8-9-16-17(10-14)26-12-25-16/h4,8-10,13,15,18,21,24H,1,5-7,11-12H2,2-3H3. The number of rotatable bonds is 10. The summed E-state index contributed by atoms with van der Waals surface area (Å²) in [6.45, 7) is 8.62. The largest absolute Gasteiger partial charge is 0.454 e. The van der Waals surface area contributed by atoms with Crippen molar-refractivity contribution >= 4 is 0 Å². The third-order valence-corrected chi connectivity index (χ3v) is 4.83. The number of aliphatic hydroxyl groups excluding tert-OH is 1. The van der Waals surface area contributed by atoms with Crippen molar-refractivity contribution in [2.45, 2.75) is 45.3 Å². The molecule has 7 heteroatoms. The summed E-state index contributed by atoms with van der Waals surface area (Å²) in [5.74, 6) is 2.70. The number of ether oxygens (including phenoxy) is 2. The Labute approximate surface area is 159 Å². The molecule has 3 atom stereocenters. The van der Waals surface area contributed by atoms with Gasteiger partial charge in [0, 0.05) is 12.1 Å². The van der Waals surface area contributed by atoms with Gasteiger partial charge < -0.3 is 24.4 Å². The summed E-state index contributed by atoms with van der Waals surface area (Å²) in [5, 5.41) is 17.6. The molecule has 0 aliphatic carbocycles. The van der Waals surface area contributed by atoms with E-state index in [-0.39, 0.29) is 18.8 Å². The van der Waals surface area contributed by atoms with Crippen LogP contribution in [0, 0.1) is 5.92 Å². The Hall–Kier alpha value is -2.38. The normalized spacial score (nSPS) is 16.1. The lowest BCUT2D eigenvalue weighted by Gasteiger charge is -2.22. The van der Waals surface area contributed by atoms with E-state index in [1.807, 2.05) is 24.3 Å². The SMILES string of the molecule is C=CCCC(O)CNC(c1nc(-c2ccc3c(c2)OCO3)no1)C(C)CC. The van der Waals surface area contributed by atoms with E-state index in [2.05, 4.69) is 35.9 Å². The average molecular weight is 373 g/mol. The molecule has 1 aliphatic heterocycles. The van der Waals surface area contributed by atoms with Crippen molar-refractivity contribution in [2.24, 2.45) is 5.92 Å². The molecule has 1 aliphatic rings. The zero-order valence-corrected chi connectivity index (χ0v) is 15.9. The predicted octanol–water partition coefficient (Wildman–Crippen LogP) is 3.47. The minimum Gasteiger partial charge on any atom is -0.454 e. The summed E-state index contributed by atoms with van der Waals surface area (Å²) in [6, 6.07) is 5.45. The van der Waals surface area contributed by atoms with Crippen LogP contribution in [0.4, 0.5) is 0 Å². The van der Waals surface area contributed by atoms with Gasteiger partial charge in [0.05, 0.1) is 12.1 Å². The number of nitrogens with one attached hydrogen (secondary N) is 1. The Bertz CT molecular complexity index is 761. The molecule has 27 heavy (non-hydrogen) atoms. The number of aliphatic hydroxyl groups is 1. The molecule has 3 rings (SSSR count). The third-order valence-electron chi connectivity index (χ3n) is 4.83. The van der Waals surface area contributed by atoms with Gasteiger partial charge in [-0.25, -0.2) is 0 Å². The van der Waals surface area contributed by atoms with Crippen LogP contribution in [0.5, 0.6) is 11.5 Å². The average Bonchev–Trinajstić information content (AvgIpc) is 3.35. The van der Waals surface area contributed by atoms with Crippen LogP contribution in [0.2, 0.25) is 0 Å². The number of benzene rings is 1. The second-order valence-electron chi connectivity index (χ2n) is 6.82. The summed E-state index contributed by atoms with van der Waals surface area (Å²) >= 11 is 0. The number of hydrogen-bond donors (Lipinski definition) is 2. The van der Waals surface area contributed by atoms with Crippen molar-refractivity contribution in [3.8, 4) is 22.9 Å². The topological polar surface area (TPSA) is 89.6 Å². The maximum Gasteiger partial charge on any atom is 0.244 e. The second kappa shape index (κ2) is 9.01. The molecule has 0 amide bonds. The molecule has 2 aromatic rings. The van der Waals surface area contributed by atoms with Gasteiger partial charge >= 0.3 is 0 Å². The van der Waals surface area contributed by atoms with Crippen LogP contribution in [0.3, 0.4) is 0 Å². The van der Waals surface area contributed by atoms with Gasteiger partial charge in [-0.05, 0) is 37.0 Å². The van der Waals surface area contributed by atoms with Gasteiger partial charge in [0.15, 0.2) is 11.5 Å². The van der Waals surface area contributed by atoms with Gasteiger partial charge in [-0.3, -0.25) is 0 Å². The Morgan fingerprint density at radius 1 is 1.33 bits per heavy atom. The molecule has 0 spiro atoms. The monoisotopic (exact) mass is 373 g/mol. The molecule has 0 saturated heterocycles. The highest BCUT2D eigenvalue weighted by atomic mass is 16.7. The molecule has 0 saturated carbocycles. The highest BCUT2D eigenvalue weighted by molar-refractivity contribution is 5.61. The van der Waals surface area contributed by atoms with E-state index in [1.165, 1.54) is 0 Å². The van der Waals surface area contributed by atoms with Crippen LogP contribution in [-0.2, 0) is 0 Å². The van der Waals surface area contributed by atoms with Crippen LogP contribution < -0.4 is 14.8 Å². The highest BCUT2D eigenvalue weighted by Gasteiger charge is 2.25. The van der Waals surface area contributed by atoms with Crippen molar-refractivity contribution in [1.29, 1.82) is 0 Å². The van der Waals surface area contributed by atoms with E-state index in [9.17, 15) is 5.11 Å². The van der Waals surface area contributed by atoms with Crippen LogP contribution >= 0.6 is 0 Å². The fourth-order valence-corrected chi connectivity index (χ4v) is 2.96. The molecule has 1 aromatic heterocycles. The van der Waals surface area contributed by atoms with E-state index in [0.29, 0.717) is 30.4 Å². The number of allylic oxidation sites excluding steroid dienone is 1. The number of aromatic nitrogens is 2. The molecular weight excluding hydrogens is 346 g/mol. The Morgan fingerprint density at radius 3 is 2.93 bits per heavy atom. The van der Waals surface area contributed by atoms with Gasteiger partial charge in [0.1, 0.15) is 0 Å². The molecular formula is C20H27N3O4. The lowest BCUT2D eigenvalue weighted by atomic mass is 9.98. The molecule has 2 N–H and O–H groups in total. The van der Waals surface area contributed by atoms with Crippen molar-refractivity contribution < 1.29 is 19.1 Å². The summed E-state index contributed by atoms with van der Waals surface area (Å²) in [4.78, 5) is 4.58. The maximum absolute atomic E-state index is 10.1. The van der Waals surface area contributed by atoms with Crippen molar-refractivity contribution in [2.75, 3.05) is 13.3 Å². The van der Waals surface area contributed by atoms with Gasteiger partial charge in [0.25, 0.3) is 0 Å². The molecule has 146 valence electrons. The molecule has 1 aromatic carbocycles. The first-order valence-corrected chi connectivity index (χ1v) is 9.38. The lowest BCUT2D eigenvalue weighted by molar-refractivity contribution is 0.148. The maximum atomic E-state index is 10.1. The van der Waals surface area contributed by atoms with Crippen molar-refractivity contribution in [3.63, 3.8) is 0 Å². The van der Waals surface area contributed by atoms with Crippen LogP contribution in [0.25, 0.3) is 11.4 Å². The Morgan fingerprint density at radius 2 is 2.15 bits per heavy atom. The Balaban J connectivity index is 1.73. The molecule has 0 radical (unpaired) electrons. The summed E-state index contributed by atoms with van der Waals surface area (Å²) in [6.07, 6.45) is 3.78. The fraction of sp³-hybridized carbons (Fsp3) is 0.500. The molecule has 3 unspecified atom stereocenters. The fourth-order valence-electron chi connectivity index (χ4n) is 2.96. The van der Waals surface area contributed by atoms with E-state index in [0.717, 1.165) is 24.2 Å². The smallest absolute Gasteiger partial charge is 0.244 e.